The number of carbonyl (C=O) groups is 1. The van der Waals surface area contributed by atoms with E-state index < -0.39 is 33.7 Å². The number of hydrogen-bond acceptors (Lipinski definition) is 13. The average molecular weight is 967 g/mol. The normalized spacial score (nSPS) is 21.5. The molecular weight excluding hydrogens is 909 g/mol. The van der Waals surface area contributed by atoms with Crippen LogP contribution in [0.1, 0.15) is 67.6 Å². The van der Waals surface area contributed by atoms with Crippen LogP contribution in [0.2, 0.25) is 0 Å². The molecule has 5 aromatic carbocycles. The summed E-state index contributed by atoms with van der Waals surface area (Å²) in [7, 11) is 0. The smallest absolute Gasteiger partial charge is 0.416 e. The molecule has 0 radical (unpaired) electrons. The van der Waals surface area contributed by atoms with Crippen molar-refractivity contribution < 1.29 is 48.6 Å². The molecule has 1 amide bonds. The number of allylic oxidation sites excluding steroid dienone is 1. The highest BCUT2D eigenvalue weighted by molar-refractivity contribution is 6.03. The van der Waals surface area contributed by atoms with E-state index in [9.17, 15) is 30.4 Å². The molecule has 8 rings (SSSR count). The monoisotopic (exact) mass is 966 g/mol. The summed E-state index contributed by atoms with van der Waals surface area (Å²) in [6.07, 6.45) is 8.86. The maximum absolute atomic E-state index is 15.4. The zero-order valence-electron chi connectivity index (χ0n) is 39.4. The first kappa shape index (κ1) is 50.0. The number of hydrogen-bond donors (Lipinski definition) is 2. The van der Waals surface area contributed by atoms with Gasteiger partial charge in [-0.25, -0.2) is 4.79 Å². The van der Waals surface area contributed by atoms with Crippen molar-refractivity contribution in [1.29, 1.82) is 0 Å². The highest BCUT2D eigenvalue weighted by atomic mass is 16.7. The number of unbranched alkanes of at least 4 members (excludes halogenated alkanes) is 2. The lowest BCUT2D eigenvalue weighted by molar-refractivity contribution is -0.385. The van der Waals surface area contributed by atoms with Gasteiger partial charge in [-0.05, 0) is 107 Å². The second-order valence-corrected chi connectivity index (χ2v) is 18.0. The standard InChI is InChI=1S/C55H58N4O12/c1-3-30-67-44-26-27-50-48(33-44)52-46(17-8-10-29-61)39(13-7-9-28-60)32-47-49(56-69-36-37-18-20-41(21-19-37)58(63)64)34-51(55(71-50,53(47)52)68-31-4-2)57(35-40-15-11-14-38-12-5-6-16-45(38)40)54(62)70-43-24-22-42(23-25-43)59(65)66/h3-6,11-12,14-16,18-27,32-33,39,46,51-53,60-61H,1-2,7-10,13,17,28-31,34-36H2/t39-,46+,51-,52+,53+,55+/m0/s1. The number of nitro benzene ring substituents is 2. The molecule has 1 heterocycles. The van der Waals surface area contributed by atoms with Crippen LogP contribution in [0.4, 0.5) is 16.2 Å². The average Bonchev–Trinajstić information content (AvgIpc) is 3.38. The van der Waals surface area contributed by atoms with Gasteiger partial charge < -0.3 is 34.0 Å². The number of ether oxygens (including phenoxy) is 4. The third-order valence-electron chi connectivity index (χ3n) is 13.6. The van der Waals surface area contributed by atoms with Gasteiger partial charge >= 0.3 is 6.09 Å². The van der Waals surface area contributed by atoms with E-state index >= 15 is 4.79 Å². The molecule has 6 atom stereocenters. The molecule has 0 unspecified atom stereocenters. The third-order valence-corrected chi connectivity index (χ3v) is 13.6. The minimum atomic E-state index is -1.65. The molecule has 0 spiro atoms. The Labute approximate surface area is 411 Å². The topological polar surface area (TPSA) is 206 Å². The number of oxime groups is 1. The maximum atomic E-state index is 15.4. The molecule has 2 N–H and O–H groups in total. The van der Waals surface area contributed by atoms with Crippen molar-refractivity contribution >= 4 is 34.0 Å². The minimum Gasteiger partial charge on any atom is -0.490 e. The lowest BCUT2D eigenvalue weighted by Crippen LogP contribution is -2.70. The van der Waals surface area contributed by atoms with Crippen molar-refractivity contribution in [2.45, 2.75) is 75.8 Å². The lowest BCUT2D eigenvalue weighted by atomic mass is 9.55. The molecule has 0 saturated heterocycles. The Morgan fingerprint density at radius 1 is 0.831 bits per heavy atom. The van der Waals surface area contributed by atoms with E-state index in [-0.39, 0.29) is 80.9 Å². The Balaban J connectivity index is 1.35. The van der Waals surface area contributed by atoms with Crippen LogP contribution in [-0.4, -0.2) is 75.0 Å². The van der Waals surface area contributed by atoms with E-state index in [1.807, 2.05) is 60.7 Å². The van der Waals surface area contributed by atoms with Gasteiger partial charge in [0.15, 0.2) is 0 Å². The summed E-state index contributed by atoms with van der Waals surface area (Å²) in [5.41, 5.74) is 3.38. The largest absolute Gasteiger partial charge is 0.490 e. The van der Waals surface area contributed by atoms with Crippen molar-refractivity contribution in [1.82, 2.24) is 4.90 Å². The predicted molar refractivity (Wildman–Crippen MR) is 267 cm³/mol. The third kappa shape index (κ3) is 11.0. The van der Waals surface area contributed by atoms with Gasteiger partial charge in [-0.15, -0.1) is 6.58 Å². The summed E-state index contributed by atoms with van der Waals surface area (Å²) in [4.78, 5) is 45.3. The number of aliphatic hydroxyl groups is 2. The maximum Gasteiger partial charge on any atom is 0.416 e. The first-order valence-electron chi connectivity index (χ1n) is 24.0. The minimum absolute atomic E-state index is 0.00133. The highest BCUT2D eigenvalue weighted by Gasteiger charge is 2.66. The fourth-order valence-corrected chi connectivity index (χ4v) is 10.5. The highest BCUT2D eigenvalue weighted by Crippen LogP contribution is 2.62. The van der Waals surface area contributed by atoms with Crippen molar-refractivity contribution in [2.24, 2.45) is 22.9 Å². The first-order chi connectivity index (χ1) is 34.6. The predicted octanol–water partition coefficient (Wildman–Crippen LogP) is 10.8. The number of non-ortho nitro benzene ring substituents is 2. The fourth-order valence-electron chi connectivity index (χ4n) is 10.5. The lowest BCUT2D eigenvalue weighted by Gasteiger charge is -2.59. The van der Waals surface area contributed by atoms with Crippen molar-refractivity contribution in [2.75, 3.05) is 26.4 Å². The van der Waals surface area contributed by atoms with Crippen molar-refractivity contribution in [3.63, 3.8) is 0 Å². The molecule has 5 aromatic rings. The van der Waals surface area contributed by atoms with Crippen LogP contribution in [-0.2, 0) is 22.7 Å². The number of aliphatic hydroxyl groups excluding tert-OH is 2. The molecule has 0 bridgehead atoms. The van der Waals surface area contributed by atoms with E-state index in [1.165, 1.54) is 36.4 Å². The van der Waals surface area contributed by atoms with Gasteiger partial charge in [0, 0.05) is 55.4 Å². The zero-order valence-corrected chi connectivity index (χ0v) is 39.4. The Kier molecular flexibility index (Phi) is 16.2. The number of rotatable bonds is 23. The van der Waals surface area contributed by atoms with E-state index in [0.717, 1.165) is 40.3 Å². The second kappa shape index (κ2) is 23.0. The van der Waals surface area contributed by atoms with Crippen LogP contribution in [0, 0.1) is 38.0 Å². The van der Waals surface area contributed by atoms with Crippen LogP contribution >= 0.6 is 0 Å². The molecule has 1 aliphatic heterocycles. The van der Waals surface area contributed by atoms with Crippen LogP contribution in [0.25, 0.3) is 10.8 Å². The van der Waals surface area contributed by atoms with Gasteiger partial charge in [0.05, 0.1) is 34.6 Å². The number of nitro groups is 2. The van der Waals surface area contributed by atoms with Gasteiger partial charge in [-0.3, -0.25) is 25.1 Å². The molecule has 16 nitrogen and oxygen atoms in total. The van der Waals surface area contributed by atoms with Gasteiger partial charge in [0.2, 0.25) is 5.79 Å². The van der Waals surface area contributed by atoms with Gasteiger partial charge in [-0.2, -0.15) is 0 Å². The molecule has 1 fully saturated rings. The second-order valence-electron chi connectivity index (χ2n) is 18.0. The molecule has 0 aromatic heterocycles. The fraction of sp³-hybridized carbons (Fsp3) is 0.345. The Bertz CT molecular complexity index is 2770. The van der Waals surface area contributed by atoms with Crippen LogP contribution in [0.3, 0.4) is 0 Å². The molecule has 2 aliphatic carbocycles. The summed E-state index contributed by atoms with van der Waals surface area (Å²) in [6, 6.07) is 29.7. The molecule has 3 aliphatic rings. The van der Waals surface area contributed by atoms with Gasteiger partial charge in [-0.1, -0.05) is 85.3 Å². The van der Waals surface area contributed by atoms with E-state index in [2.05, 4.69) is 19.2 Å². The summed E-state index contributed by atoms with van der Waals surface area (Å²) >= 11 is 0. The Hall–Kier alpha value is -7.40. The van der Waals surface area contributed by atoms with E-state index in [4.69, 9.17) is 28.9 Å². The van der Waals surface area contributed by atoms with Crippen molar-refractivity contribution in [3.05, 3.63) is 183 Å². The zero-order chi connectivity index (χ0) is 49.9. The van der Waals surface area contributed by atoms with Gasteiger partial charge in [0.25, 0.3) is 11.4 Å². The van der Waals surface area contributed by atoms with Crippen LogP contribution in [0.15, 0.2) is 151 Å². The molecular formula is C55H58N4O12. The summed E-state index contributed by atoms with van der Waals surface area (Å²) < 4.78 is 26.9. The van der Waals surface area contributed by atoms with E-state index in [1.54, 1.807) is 29.2 Å². The quantitative estimate of drug-likeness (QED) is 0.0271. The molecule has 16 heteroatoms. The number of fused-ring (bicyclic) bond motifs is 3. The number of benzene rings is 5. The number of carbonyl (C=O) groups excluding carboxylic acids is 1. The molecule has 1 saturated carbocycles. The molecule has 71 heavy (non-hydrogen) atoms. The van der Waals surface area contributed by atoms with E-state index in [0.29, 0.717) is 48.5 Å². The summed E-state index contributed by atoms with van der Waals surface area (Å²) in [5.74, 6) is -1.59. The Morgan fingerprint density at radius 2 is 1.51 bits per heavy atom. The summed E-state index contributed by atoms with van der Waals surface area (Å²) in [6.45, 7) is 8.20. The van der Waals surface area contributed by atoms with Crippen LogP contribution in [0.5, 0.6) is 17.2 Å². The van der Waals surface area contributed by atoms with Gasteiger partial charge in [0.1, 0.15) is 36.5 Å². The Morgan fingerprint density at radius 3 is 2.21 bits per heavy atom. The first-order valence-corrected chi connectivity index (χ1v) is 24.0. The number of nitrogens with zero attached hydrogens (tertiary/aromatic N) is 4. The SMILES string of the molecule is C=CCOc1ccc2c(c1)[C@H]1[C@H](CCCCO)[C@@H](CCCCO)C=C3C(=NOCc4ccc([N+](=O)[O-])cc4)C[C@H](N(Cc4cccc5ccccc45)C(=O)Oc4ccc([N+](=O)[O-])cc4)[C@@](OCC=C)(O2)[C@H]31. The van der Waals surface area contributed by atoms with Crippen LogP contribution < -0.4 is 14.2 Å². The molecule has 370 valence electrons. The van der Waals surface area contributed by atoms with Crippen molar-refractivity contribution in [3.8, 4) is 17.2 Å². The number of amides is 1. The summed E-state index contributed by atoms with van der Waals surface area (Å²) in [5, 5.41) is 49.9.